The van der Waals surface area contributed by atoms with E-state index in [1.807, 2.05) is 44.2 Å². The largest absolute Gasteiger partial charge is 0.326 e. The van der Waals surface area contributed by atoms with E-state index in [0.29, 0.717) is 5.82 Å². The molecule has 1 aliphatic heterocycles. The molecule has 1 aliphatic rings. The van der Waals surface area contributed by atoms with Crippen molar-refractivity contribution in [2.45, 2.75) is 13.8 Å². The summed E-state index contributed by atoms with van der Waals surface area (Å²) >= 11 is 0. The Hall–Kier alpha value is -3.75. The molecule has 0 bridgehead atoms. The molecule has 4 rings (SSSR count). The number of aromatic amines is 1. The number of H-pyrrole nitrogens is 1. The van der Waals surface area contributed by atoms with Crippen molar-refractivity contribution in [1.82, 2.24) is 35.8 Å². The Labute approximate surface area is 148 Å². The number of nitrogens with zero attached hydrogens (tertiary/aromatic N) is 4. The van der Waals surface area contributed by atoms with Crippen LogP contribution in [0, 0.1) is 13.8 Å². The van der Waals surface area contributed by atoms with Gasteiger partial charge in [0.25, 0.3) is 5.91 Å². The standard InChI is InChI=1S/C17H15N7O2/c1-9-6-12(8-14-16(25)19-17(26)18-14)10(2)24(9)13-5-3-4-11(7-13)15-20-22-23-21-15/h3-8H,1-2H3,(H2,18,19,25,26)(H,20,21,22,23)/b14-8-. The normalized spacial score (nSPS) is 15.4. The van der Waals surface area contributed by atoms with Crippen LogP contribution < -0.4 is 10.6 Å². The maximum Gasteiger partial charge on any atom is 0.326 e. The minimum absolute atomic E-state index is 0.232. The topological polar surface area (TPSA) is 118 Å². The zero-order chi connectivity index (χ0) is 18.3. The Morgan fingerprint density at radius 2 is 1.96 bits per heavy atom. The second-order valence-electron chi connectivity index (χ2n) is 5.91. The summed E-state index contributed by atoms with van der Waals surface area (Å²) in [5, 5.41) is 18.7. The van der Waals surface area contributed by atoms with Crippen LogP contribution >= 0.6 is 0 Å². The number of aromatic nitrogens is 5. The van der Waals surface area contributed by atoms with Crippen LogP contribution in [0.25, 0.3) is 23.2 Å². The second kappa shape index (κ2) is 5.96. The molecule has 3 aromatic rings. The molecule has 0 aliphatic carbocycles. The molecule has 9 nitrogen and oxygen atoms in total. The number of carbonyl (C=O) groups excluding carboxylic acids is 2. The van der Waals surface area contributed by atoms with Gasteiger partial charge in [0.05, 0.1) is 0 Å². The highest BCUT2D eigenvalue weighted by atomic mass is 16.2. The maximum absolute atomic E-state index is 11.7. The molecule has 0 atom stereocenters. The summed E-state index contributed by atoms with van der Waals surface area (Å²) in [5.74, 6) is 0.0842. The Morgan fingerprint density at radius 1 is 1.12 bits per heavy atom. The fourth-order valence-electron chi connectivity index (χ4n) is 3.04. The van der Waals surface area contributed by atoms with Gasteiger partial charge in [0.1, 0.15) is 5.70 Å². The second-order valence-corrected chi connectivity index (χ2v) is 5.91. The van der Waals surface area contributed by atoms with Gasteiger partial charge < -0.3 is 9.88 Å². The van der Waals surface area contributed by atoms with Gasteiger partial charge in [0.2, 0.25) is 5.82 Å². The summed E-state index contributed by atoms with van der Waals surface area (Å²) in [6.07, 6.45) is 1.67. The third kappa shape index (κ3) is 2.65. The van der Waals surface area contributed by atoms with E-state index in [9.17, 15) is 9.59 Å². The third-order valence-corrected chi connectivity index (χ3v) is 4.20. The molecule has 0 spiro atoms. The van der Waals surface area contributed by atoms with Crippen molar-refractivity contribution in [2.75, 3.05) is 0 Å². The van der Waals surface area contributed by atoms with Crippen molar-refractivity contribution in [3.8, 4) is 17.1 Å². The summed E-state index contributed by atoms with van der Waals surface area (Å²) in [4.78, 5) is 23.0. The smallest absolute Gasteiger partial charge is 0.318 e. The van der Waals surface area contributed by atoms with Gasteiger partial charge in [0.15, 0.2) is 0 Å². The number of benzene rings is 1. The summed E-state index contributed by atoms with van der Waals surface area (Å²) in [6, 6.07) is 9.21. The first-order valence-electron chi connectivity index (χ1n) is 7.90. The average molecular weight is 349 g/mol. The first-order valence-corrected chi connectivity index (χ1v) is 7.90. The SMILES string of the molecule is Cc1cc(/C=C2\NC(=O)NC2=O)c(C)n1-c1cccc(-c2nn[nH]n2)c1. The molecule has 0 unspecified atom stereocenters. The predicted octanol–water partition coefficient (Wildman–Crippen LogP) is 1.45. The zero-order valence-electron chi connectivity index (χ0n) is 14.1. The van der Waals surface area contributed by atoms with Crippen LogP contribution in [0.1, 0.15) is 17.0 Å². The molecular formula is C17H15N7O2. The van der Waals surface area contributed by atoms with Crippen LogP contribution in [0.15, 0.2) is 36.0 Å². The minimum atomic E-state index is -0.511. The van der Waals surface area contributed by atoms with Crippen LogP contribution in [0.4, 0.5) is 4.79 Å². The molecule has 3 N–H and O–H groups in total. The monoisotopic (exact) mass is 349 g/mol. The van der Waals surface area contributed by atoms with Crippen molar-refractivity contribution in [3.05, 3.63) is 53.0 Å². The molecule has 26 heavy (non-hydrogen) atoms. The van der Waals surface area contributed by atoms with Gasteiger partial charge in [-0.25, -0.2) is 4.79 Å². The number of aryl methyl sites for hydroxylation is 1. The summed E-state index contributed by atoms with van der Waals surface area (Å²) in [6.45, 7) is 3.93. The number of hydrogen-bond acceptors (Lipinski definition) is 5. The molecule has 130 valence electrons. The lowest BCUT2D eigenvalue weighted by Gasteiger charge is -2.10. The van der Waals surface area contributed by atoms with Crippen molar-refractivity contribution < 1.29 is 9.59 Å². The third-order valence-electron chi connectivity index (χ3n) is 4.20. The van der Waals surface area contributed by atoms with Crippen LogP contribution in [-0.4, -0.2) is 37.1 Å². The first kappa shape index (κ1) is 15.8. The summed E-state index contributed by atoms with van der Waals surface area (Å²) < 4.78 is 2.06. The molecule has 0 saturated carbocycles. The lowest BCUT2D eigenvalue weighted by Crippen LogP contribution is -2.22. The fourth-order valence-corrected chi connectivity index (χ4v) is 3.04. The van der Waals surface area contributed by atoms with E-state index in [0.717, 1.165) is 28.2 Å². The van der Waals surface area contributed by atoms with Crippen LogP contribution in [-0.2, 0) is 4.79 Å². The van der Waals surface area contributed by atoms with Crippen LogP contribution in [0.3, 0.4) is 0 Å². The van der Waals surface area contributed by atoms with E-state index in [4.69, 9.17) is 0 Å². The molecule has 0 radical (unpaired) electrons. The molecule has 3 amide bonds. The molecular weight excluding hydrogens is 334 g/mol. The van der Waals surface area contributed by atoms with Gasteiger partial charge in [-0.2, -0.15) is 5.21 Å². The van der Waals surface area contributed by atoms with Crippen molar-refractivity contribution >= 4 is 18.0 Å². The van der Waals surface area contributed by atoms with E-state index in [1.54, 1.807) is 6.08 Å². The number of amides is 3. The van der Waals surface area contributed by atoms with E-state index in [-0.39, 0.29) is 5.70 Å². The van der Waals surface area contributed by atoms with Gasteiger partial charge >= 0.3 is 6.03 Å². The Balaban J connectivity index is 1.76. The number of tetrazole rings is 1. The van der Waals surface area contributed by atoms with Crippen molar-refractivity contribution in [3.63, 3.8) is 0 Å². The van der Waals surface area contributed by atoms with E-state index < -0.39 is 11.9 Å². The minimum Gasteiger partial charge on any atom is -0.318 e. The highest BCUT2D eigenvalue weighted by Crippen LogP contribution is 2.25. The van der Waals surface area contributed by atoms with Gasteiger partial charge in [-0.05, 0) is 48.9 Å². The van der Waals surface area contributed by atoms with Crippen molar-refractivity contribution in [1.29, 1.82) is 0 Å². The maximum atomic E-state index is 11.7. The van der Waals surface area contributed by atoms with Crippen LogP contribution in [0.2, 0.25) is 0 Å². The van der Waals surface area contributed by atoms with E-state index in [2.05, 4.69) is 35.8 Å². The quantitative estimate of drug-likeness (QED) is 0.489. The highest BCUT2D eigenvalue weighted by molar-refractivity contribution is 6.14. The number of carbonyl (C=O) groups is 2. The Kier molecular flexibility index (Phi) is 3.61. The molecule has 3 heterocycles. The molecule has 1 aromatic carbocycles. The zero-order valence-corrected chi connectivity index (χ0v) is 14.1. The van der Waals surface area contributed by atoms with Gasteiger partial charge in [-0.15, -0.1) is 10.2 Å². The number of hydrogen-bond donors (Lipinski definition) is 3. The van der Waals surface area contributed by atoms with E-state index >= 15 is 0 Å². The summed E-state index contributed by atoms with van der Waals surface area (Å²) in [5.41, 5.74) is 4.78. The number of nitrogens with one attached hydrogen (secondary N) is 3. The molecule has 9 heteroatoms. The molecule has 2 aromatic heterocycles. The predicted molar refractivity (Wildman–Crippen MR) is 93.1 cm³/mol. The highest BCUT2D eigenvalue weighted by Gasteiger charge is 2.23. The van der Waals surface area contributed by atoms with Gasteiger partial charge in [-0.1, -0.05) is 12.1 Å². The van der Waals surface area contributed by atoms with E-state index in [1.165, 1.54) is 0 Å². The molecule has 1 fully saturated rings. The number of imide groups is 1. The van der Waals surface area contributed by atoms with Crippen LogP contribution in [0.5, 0.6) is 0 Å². The Morgan fingerprint density at radius 3 is 2.65 bits per heavy atom. The van der Waals surface area contributed by atoms with Gasteiger partial charge in [0, 0.05) is 22.6 Å². The van der Waals surface area contributed by atoms with Gasteiger partial charge in [-0.3, -0.25) is 10.1 Å². The average Bonchev–Trinajstić information content (AvgIpc) is 3.30. The lowest BCUT2D eigenvalue weighted by atomic mass is 10.2. The Bertz CT molecular complexity index is 1050. The summed E-state index contributed by atoms with van der Waals surface area (Å²) in [7, 11) is 0. The molecule has 1 saturated heterocycles. The number of rotatable bonds is 3. The number of urea groups is 1. The first-order chi connectivity index (χ1) is 12.5. The van der Waals surface area contributed by atoms with Crippen molar-refractivity contribution in [2.24, 2.45) is 0 Å². The fraction of sp³-hybridized carbons (Fsp3) is 0.118. The lowest BCUT2D eigenvalue weighted by molar-refractivity contribution is -0.115.